The van der Waals surface area contributed by atoms with Gasteiger partial charge in [0.25, 0.3) is 0 Å². The van der Waals surface area contributed by atoms with Gasteiger partial charge in [-0.1, -0.05) is 13.8 Å². The second-order valence-electron chi connectivity index (χ2n) is 4.83. The van der Waals surface area contributed by atoms with Crippen LogP contribution >= 0.6 is 0 Å². The Morgan fingerprint density at radius 3 is 2.72 bits per heavy atom. The van der Waals surface area contributed by atoms with Crippen molar-refractivity contribution in [3.05, 3.63) is 24.0 Å². The zero-order valence-electron chi connectivity index (χ0n) is 11.6. The third kappa shape index (κ3) is 5.21. The van der Waals surface area contributed by atoms with E-state index in [0.29, 0.717) is 13.2 Å². The lowest BCUT2D eigenvalue weighted by atomic mass is 10.0. The summed E-state index contributed by atoms with van der Waals surface area (Å²) in [5.41, 5.74) is 0.991. The van der Waals surface area contributed by atoms with Gasteiger partial charge in [-0.25, -0.2) is 0 Å². The molecule has 0 amide bonds. The van der Waals surface area contributed by atoms with Gasteiger partial charge in [-0.2, -0.15) is 0 Å². The van der Waals surface area contributed by atoms with Crippen LogP contribution in [0.1, 0.15) is 31.9 Å². The molecule has 0 aromatic carbocycles. The standard InChI is InChI=1S/C14H25NO3/c1-12(2)14(16)13-5-7-15(11-13)6-4-8-18-10-9-17-3/h5,7,11-12,14,16H,4,6,8-10H2,1-3H3. The first-order valence-electron chi connectivity index (χ1n) is 6.55. The second-order valence-corrected chi connectivity index (χ2v) is 4.83. The minimum atomic E-state index is -0.371. The van der Waals surface area contributed by atoms with Gasteiger partial charge in [0, 0.05) is 32.7 Å². The Kier molecular flexibility index (Phi) is 7.01. The van der Waals surface area contributed by atoms with Gasteiger partial charge >= 0.3 is 0 Å². The molecule has 4 nitrogen and oxygen atoms in total. The third-order valence-electron chi connectivity index (χ3n) is 2.88. The predicted molar refractivity (Wildman–Crippen MR) is 71.5 cm³/mol. The van der Waals surface area contributed by atoms with Gasteiger partial charge in [-0.15, -0.1) is 0 Å². The second kappa shape index (κ2) is 8.29. The van der Waals surface area contributed by atoms with Gasteiger partial charge in [0.1, 0.15) is 0 Å². The van der Waals surface area contributed by atoms with Crippen LogP contribution in [0, 0.1) is 5.92 Å². The number of aryl methyl sites for hydroxylation is 1. The van der Waals surface area contributed by atoms with Gasteiger partial charge in [0.05, 0.1) is 19.3 Å². The average molecular weight is 255 g/mol. The summed E-state index contributed by atoms with van der Waals surface area (Å²) in [7, 11) is 1.67. The van der Waals surface area contributed by atoms with Crippen molar-refractivity contribution in [2.24, 2.45) is 5.92 Å². The Morgan fingerprint density at radius 1 is 1.28 bits per heavy atom. The quantitative estimate of drug-likeness (QED) is 0.688. The fourth-order valence-corrected chi connectivity index (χ4v) is 1.75. The van der Waals surface area contributed by atoms with Crippen molar-refractivity contribution in [2.45, 2.75) is 32.9 Å². The third-order valence-corrected chi connectivity index (χ3v) is 2.88. The molecule has 1 aromatic heterocycles. The molecule has 0 aliphatic carbocycles. The van der Waals surface area contributed by atoms with Gasteiger partial charge in [-0.05, 0) is 24.0 Å². The van der Waals surface area contributed by atoms with E-state index in [9.17, 15) is 5.11 Å². The molecular weight excluding hydrogens is 230 g/mol. The molecule has 0 aliphatic heterocycles. The molecule has 1 rings (SSSR count). The van der Waals surface area contributed by atoms with Crippen molar-refractivity contribution in [3.8, 4) is 0 Å². The van der Waals surface area contributed by atoms with Crippen LogP contribution in [0.15, 0.2) is 18.5 Å². The van der Waals surface area contributed by atoms with E-state index >= 15 is 0 Å². The van der Waals surface area contributed by atoms with Gasteiger partial charge in [0.15, 0.2) is 0 Å². The highest BCUT2D eigenvalue weighted by Crippen LogP contribution is 2.21. The van der Waals surface area contributed by atoms with Crippen LogP contribution in [0.4, 0.5) is 0 Å². The highest BCUT2D eigenvalue weighted by molar-refractivity contribution is 5.13. The van der Waals surface area contributed by atoms with E-state index in [2.05, 4.69) is 4.57 Å². The molecule has 0 spiro atoms. The van der Waals surface area contributed by atoms with Crippen LogP contribution in [0.5, 0.6) is 0 Å². The normalized spacial score (nSPS) is 13.2. The SMILES string of the molecule is COCCOCCCn1ccc(C(O)C(C)C)c1. The Bertz CT molecular complexity index is 323. The topological polar surface area (TPSA) is 43.6 Å². The van der Waals surface area contributed by atoms with Crippen molar-refractivity contribution in [1.29, 1.82) is 0 Å². The summed E-state index contributed by atoms with van der Waals surface area (Å²) < 4.78 is 12.4. The largest absolute Gasteiger partial charge is 0.388 e. The molecular formula is C14H25NO3. The van der Waals surface area contributed by atoms with Crippen LogP contribution < -0.4 is 0 Å². The summed E-state index contributed by atoms with van der Waals surface area (Å²) >= 11 is 0. The van der Waals surface area contributed by atoms with Gasteiger partial charge < -0.3 is 19.1 Å². The monoisotopic (exact) mass is 255 g/mol. The van der Waals surface area contributed by atoms with Crippen LogP contribution in [0.2, 0.25) is 0 Å². The first kappa shape index (κ1) is 15.2. The molecule has 1 unspecified atom stereocenters. The fourth-order valence-electron chi connectivity index (χ4n) is 1.75. The molecule has 1 N–H and O–H groups in total. The zero-order chi connectivity index (χ0) is 13.4. The number of aliphatic hydroxyl groups excluding tert-OH is 1. The number of hydrogen-bond acceptors (Lipinski definition) is 3. The molecule has 0 aliphatic rings. The van der Waals surface area contributed by atoms with Crippen molar-refractivity contribution in [3.63, 3.8) is 0 Å². The van der Waals surface area contributed by atoms with E-state index in [1.54, 1.807) is 7.11 Å². The fraction of sp³-hybridized carbons (Fsp3) is 0.714. The van der Waals surface area contributed by atoms with E-state index in [1.165, 1.54) is 0 Å². The minimum Gasteiger partial charge on any atom is -0.388 e. The molecule has 1 aromatic rings. The van der Waals surface area contributed by atoms with E-state index in [1.807, 2.05) is 32.3 Å². The Labute approximate surface area is 110 Å². The first-order valence-corrected chi connectivity index (χ1v) is 6.55. The molecule has 0 saturated carbocycles. The number of hydrogen-bond donors (Lipinski definition) is 1. The maximum atomic E-state index is 9.93. The van der Waals surface area contributed by atoms with Crippen molar-refractivity contribution in [2.75, 3.05) is 26.9 Å². The minimum absolute atomic E-state index is 0.248. The molecule has 0 radical (unpaired) electrons. The predicted octanol–water partition coefficient (Wildman–Crippen LogP) is 2.23. The van der Waals surface area contributed by atoms with Crippen LogP contribution in [0.3, 0.4) is 0 Å². The van der Waals surface area contributed by atoms with Gasteiger partial charge in [-0.3, -0.25) is 0 Å². The molecule has 1 atom stereocenters. The number of ether oxygens (including phenoxy) is 2. The van der Waals surface area contributed by atoms with Crippen LogP contribution in [-0.4, -0.2) is 36.6 Å². The number of aromatic nitrogens is 1. The zero-order valence-corrected chi connectivity index (χ0v) is 11.6. The molecule has 18 heavy (non-hydrogen) atoms. The maximum Gasteiger partial charge on any atom is 0.0827 e. The summed E-state index contributed by atoms with van der Waals surface area (Å²) in [6, 6.07) is 1.98. The molecule has 0 saturated heterocycles. The molecule has 104 valence electrons. The van der Waals surface area contributed by atoms with Crippen LogP contribution in [-0.2, 0) is 16.0 Å². The lowest BCUT2D eigenvalue weighted by Gasteiger charge is -2.12. The average Bonchev–Trinajstić information content (AvgIpc) is 2.81. The summed E-state index contributed by atoms with van der Waals surface area (Å²) in [6.07, 6.45) is 4.62. The number of aliphatic hydroxyl groups is 1. The maximum absolute atomic E-state index is 9.93. The lowest BCUT2D eigenvalue weighted by molar-refractivity contribution is 0.0680. The molecule has 4 heteroatoms. The number of rotatable bonds is 9. The first-order chi connectivity index (χ1) is 8.65. The highest BCUT2D eigenvalue weighted by atomic mass is 16.5. The smallest absolute Gasteiger partial charge is 0.0827 e. The van der Waals surface area contributed by atoms with E-state index < -0.39 is 0 Å². The number of methoxy groups -OCH3 is 1. The summed E-state index contributed by atoms with van der Waals surface area (Å²) in [4.78, 5) is 0. The van der Waals surface area contributed by atoms with Crippen molar-refractivity contribution >= 4 is 0 Å². The van der Waals surface area contributed by atoms with Crippen LogP contribution in [0.25, 0.3) is 0 Å². The summed E-state index contributed by atoms with van der Waals surface area (Å²) in [5, 5.41) is 9.93. The molecule has 1 heterocycles. The summed E-state index contributed by atoms with van der Waals surface area (Å²) in [6.45, 7) is 6.99. The Hall–Kier alpha value is -0.840. The molecule has 0 fully saturated rings. The van der Waals surface area contributed by atoms with Crippen molar-refractivity contribution in [1.82, 2.24) is 4.57 Å². The van der Waals surface area contributed by atoms with E-state index in [0.717, 1.165) is 25.1 Å². The lowest BCUT2D eigenvalue weighted by Crippen LogP contribution is -2.06. The van der Waals surface area contributed by atoms with Crippen molar-refractivity contribution < 1.29 is 14.6 Å². The summed E-state index contributed by atoms with van der Waals surface area (Å²) in [5.74, 6) is 0.248. The van der Waals surface area contributed by atoms with Gasteiger partial charge in [0.2, 0.25) is 0 Å². The Morgan fingerprint density at radius 2 is 2.06 bits per heavy atom. The Balaban J connectivity index is 2.23. The van der Waals surface area contributed by atoms with E-state index in [4.69, 9.17) is 9.47 Å². The molecule has 0 bridgehead atoms. The number of nitrogens with zero attached hydrogens (tertiary/aromatic N) is 1. The highest BCUT2D eigenvalue weighted by Gasteiger charge is 2.12. The van der Waals surface area contributed by atoms with E-state index in [-0.39, 0.29) is 12.0 Å².